The molecule has 1 unspecified atom stereocenters. The van der Waals surface area contributed by atoms with Crippen LogP contribution in [0.3, 0.4) is 0 Å². The Balaban J connectivity index is 0.00000229. The van der Waals surface area contributed by atoms with E-state index in [1.54, 1.807) is 0 Å². The number of carboxylic acids is 1. The fraction of sp³-hybridized carbons (Fsp3) is 0.808. The van der Waals surface area contributed by atoms with Gasteiger partial charge in [0.1, 0.15) is 5.78 Å². The maximum Gasteiger partial charge on any atom is 0.373 e. The van der Waals surface area contributed by atoms with Gasteiger partial charge >= 0.3 is 12.1 Å². The molecule has 12 nitrogen and oxygen atoms in total. The van der Waals surface area contributed by atoms with Crippen LogP contribution >= 0.6 is 0 Å². The van der Waals surface area contributed by atoms with Gasteiger partial charge in [-0.2, -0.15) is 9.59 Å². The highest BCUT2D eigenvalue weighted by molar-refractivity contribution is 6.03. The van der Waals surface area contributed by atoms with Crippen LogP contribution in [0.1, 0.15) is 40.0 Å². The second-order valence-electron chi connectivity index (χ2n) is 10.3. The summed E-state index contributed by atoms with van der Waals surface area (Å²) in [5.74, 6) is -0.956. The normalized spacial score (nSPS) is 21.4. The second kappa shape index (κ2) is 17.9. The fourth-order valence-electron chi connectivity index (χ4n) is 4.69. The summed E-state index contributed by atoms with van der Waals surface area (Å²) in [4.78, 5) is 74.9. The molecule has 2 saturated heterocycles. The minimum Gasteiger partial charge on any atom is -0.480 e. The highest BCUT2D eigenvalue weighted by atomic mass is 16.4. The monoisotopic (exact) mass is 539 g/mol. The van der Waals surface area contributed by atoms with Gasteiger partial charge in [-0.3, -0.25) is 33.9 Å². The minimum atomic E-state index is -0.800. The lowest BCUT2D eigenvalue weighted by Gasteiger charge is -2.32. The molecule has 0 bridgehead atoms. The Hall–Kier alpha value is -2.50. The van der Waals surface area contributed by atoms with Crippen molar-refractivity contribution in [2.45, 2.75) is 40.0 Å². The van der Waals surface area contributed by atoms with Gasteiger partial charge in [-0.25, -0.2) is 0 Å². The smallest absolute Gasteiger partial charge is 0.373 e. The van der Waals surface area contributed by atoms with Gasteiger partial charge in [0.25, 0.3) is 0 Å². The Bertz CT molecular complexity index is 816. The first-order valence-electron chi connectivity index (χ1n) is 13.4. The fourth-order valence-corrected chi connectivity index (χ4v) is 4.69. The first-order valence-corrected chi connectivity index (χ1v) is 13.4. The number of rotatable bonds is 10. The molecule has 0 radical (unpaired) electrons. The maximum atomic E-state index is 12.8. The van der Waals surface area contributed by atoms with Crippen molar-refractivity contribution in [1.29, 1.82) is 0 Å². The van der Waals surface area contributed by atoms with E-state index in [0.717, 1.165) is 45.8 Å². The predicted molar refractivity (Wildman–Crippen MR) is 139 cm³/mol. The highest BCUT2D eigenvalue weighted by Gasteiger charge is 2.39. The number of hydrogen-bond donors (Lipinski definition) is 1. The van der Waals surface area contributed by atoms with Crippen molar-refractivity contribution < 1.29 is 33.9 Å². The van der Waals surface area contributed by atoms with Crippen LogP contribution in [0.25, 0.3) is 0 Å². The van der Waals surface area contributed by atoms with Crippen molar-refractivity contribution in [3.63, 3.8) is 0 Å². The third-order valence-electron chi connectivity index (χ3n) is 7.19. The molecule has 1 N–H and O–H groups in total. The molecule has 0 aromatic rings. The molecule has 2 aliphatic heterocycles. The summed E-state index contributed by atoms with van der Waals surface area (Å²) < 4.78 is 0. The molecule has 2 aliphatic rings. The molecule has 0 aliphatic carbocycles. The summed E-state index contributed by atoms with van der Waals surface area (Å²) in [5, 5.41) is 9.20. The Labute approximate surface area is 225 Å². The zero-order valence-electron chi connectivity index (χ0n) is 23.4. The van der Waals surface area contributed by atoms with Crippen LogP contribution in [0.15, 0.2) is 0 Å². The summed E-state index contributed by atoms with van der Waals surface area (Å²) in [5.41, 5.74) is 0. The number of imide groups is 1. The Morgan fingerprint density at radius 2 is 1.42 bits per heavy atom. The molecule has 2 rings (SSSR count). The zero-order chi connectivity index (χ0) is 28.7. The van der Waals surface area contributed by atoms with Gasteiger partial charge in [-0.15, -0.1) is 0 Å². The van der Waals surface area contributed by atoms with Crippen molar-refractivity contribution >= 4 is 29.7 Å². The molecular weight excluding hydrogens is 494 g/mol. The maximum absolute atomic E-state index is 12.8. The first kappa shape index (κ1) is 33.5. The van der Waals surface area contributed by atoms with Crippen molar-refractivity contribution in [2.75, 3.05) is 85.6 Å². The van der Waals surface area contributed by atoms with Crippen molar-refractivity contribution in [1.82, 2.24) is 24.5 Å². The lowest BCUT2D eigenvalue weighted by Crippen LogP contribution is -2.46. The quantitative estimate of drug-likeness (QED) is 0.367. The standard InChI is InChI=1S/C25H45N5O5.CO2/c1-5-27-13-15-28(11-9-26(4)10-12-29(16-14-27)19-24(33)34)18-21(31)7-6-8-30-23(32)17-22(20(2)3)25(30)35;2-1-3/h20,22H,5-19H2,1-4H3,(H,33,34);. The lowest BCUT2D eigenvalue weighted by molar-refractivity contribution is -0.191. The molecule has 2 amide bonds. The largest absolute Gasteiger partial charge is 0.480 e. The van der Waals surface area contributed by atoms with E-state index in [9.17, 15) is 24.3 Å². The van der Waals surface area contributed by atoms with Crippen LogP contribution in [0.5, 0.6) is 0 Å². The molecule has 0 spiro atoms. The van der Waals surface area contributed by atoms with E-state index in [-0.39, 0.29) is 48.6 Å². The number of likely N-dealkylation sites (N-methyl/N-ethyl adjacent to an activating group) is 2. The number of carbonyl (C=O) groups is 4. The van der Waals surface area contributed by atoms with E-state index in [2.05, 4.69) is 21.6 Å². The Morgan fingerprint density at radius 1 is 0.921 bits per heavy atom. The average Bonchev–Trinajstić information content (AvgIpc) is 3.13. The number of amides is 2. The number of carbonyl (C=O) groups excluding carboxylic acids is 5. The lowest BCUT2D eigenvalue weighted by atomic mass is 9.94. The molecule has 0 saturated carbocycles. The molecule has 2 fully saturated rings. The third-order valence-corrected chi connectivity index (χ3v) is 7.19. The van der Waals surface area contributed by atoms with Gasteiger partial charge < -0.3 is 14.9 Å². The van der Waals surface area contributed by atoms with Gasteiger partial charge in [-0.1, -0.05) is 20.8 Å². The molecule has 38 heavy (non-hydrogen) atoms. The first-order chi connectivity index (χ1) is 18.0. The van der Waals surface area contributed by atoms with Crippen molar-refractivity contribution in [3.8, 4) is 0 Å². The van der Waals surface area contributed by atoms with Crippen LogP contribution in [0, 0.1) is 11.8 Å². The Kier molecular flexibility index (Phi) is 15.8. The van der Waals surface area contributed by atoms with E-state index in [1.165, 1.54) is 4.90 Å². The van der Waals surface area contributed by atoms with Crippen LogP contribution in [0.4, 0.5) is 0 Å². The van der Waals surface area contributed by atoms with E-state index in [4.69, 9.17) is 9.59 Å². The van der Waals surface area contributed by atoms with Gasteiger partial charge in [0.2, 0.25) is 11.8 Å². The number of carboxylic acid groups (broad SMARTS) is 1. The van der Waals surface area contributed by atoms with Crippen LogP contribution < -0.4 is 0 Å². The summed E-state index contributed by atoms with van der Waals surface area (Å²) in [7, 11) is 2.03. The van der Waals surface area contributed by atoms with Gasteiger partial charge in [0, 0.05) is 77.7 Å². The van der Waals surface area contributed by atoms with E-state index in [1.807, 2.05) is 25.8 Å². The minimum absolute atomic E-state index is 0.0543. The van der Waals surface area contributed by atoms with Crippen LogP contribution in [0.2, 0.25) is 0 Å². The number of nitrogens with zero attached hydrogens (tertiary/aromatic N) is 5. The summed E-state index contributed by atoms with van der Waals surface area (Å²) in [6.07, 6.45) is 1.40. The van der Waals surface area contributed by atoms with Gasteiger partial charge in [0.15, 0.2) is 0 Å². The van der Waals surface area contributed by atoms with Crippen molar-refractivity contribution in [3.05, 3.63) is 0 Å². The molecule has 1 atom stereocenters. The van der Waals surface area contributed by atoms with E-state index >= 15 is 0 Å². The molecule has 12 heteroatoms. The highest BCUT2D eigenvalue weighted by Crippen LogP contribution is 2.26. The summed E-state index contributed by atoms with van der Waals surface area (Å²) in [6.45, 7) is 13.8. The molecule has 216 valence electrons. The van der Waals surface area contributed by atoms with Crippen LogP contribution in [-0.4, -0.2) is 145 Å². The number of Topliss-reactive ketones (excluding diaryl/α,β-unsaturated/α-hetero) is 1. The summed E-state index contributed by atoms with van der Waals surface area (Å²) >= 11 is 0. The predicted octanol–water partition coefficient (Wildman–Crippen LogP) is -0.261. The number of hydrogen-bond acceptors (Lipinski definition) is 10. The summed E-state index contributed by atoms with van der Waals surface area (Å²) in [6, 6.07) is 0. The van der Waals surface area contributed by atoms with Crippen molar-refractivity contribution in [2.24, 2.45) is 11.8 Å². The van der Waals surface area contributed by atoms with Crippen LogP contribution in [-0.2, 0) is 28.8 Å². The molecule has 0 aromatic heterocycles. The van der Waals surface area contributed by atoms with Gasteiger partial charge in [-0.05, 0) is 25.9 Å². The Morgan fingerprint density at radius 3 is 1.89 bits per heavy atom. The molecule has 0 aromatic carbocycles. The topological polar surface area (TPSA) is 139 Å². The number of ketones is 1. The number of likely N-dealkylation sites (tertiary alicyclic amines) is 1. The number of aliphatic carboxylic acids is 1. The van der Waals surface area contributed by atoms with E-state index < -0.39 is 5.97 Å². The zero-order valence-corrected chi connectivity index (χ0v) is 23.4. The SMILES string of the molecule is CCN1CCN(CC(=O)O)CCN(C)CCN(CC(=O)CCCN2C(=O)CC(C(C)C)C2=O)CC1.O=C=O. The van der Waals surface area contributed by atoms with E-state index in [0.29, 0.717) is 39.0 Å². The molecule has 2 heterocycles. The average molecular weight is 540 g/mol. The molecular formula is C26H45N5O7. The third kappa shape index (κ3) is 12.4. The van der Waals surface area contributed by atoms with Gasteiger partial charge in [0.05, 0.1) is 13.1 Å². The second-order valence-corrected chi connectivity index (χ2v) is 10.3.